The topological polar surface area (TPSA) is 60.2 Å². The number of nitrogens with one attached hydrogen (secondary N) is 1. The Labute approximate surface area is 123 Å². The molecule has 2 aromatic rings. The lowest BCUT2D eigenvalue weighted by molar-refractivity contribution is 0.230. The lowest BCUT2D eigenvalue weighted by Gasteiger charge is -2.22. The molecule has 0 spiro atoms. The van der Waals surface area contributed by atoms with Gasteiger partial charge in [-0.3, -0.25) is 0 Å². The van der Waals surface area contributed by atoms with Crippen LogP contribution in [0.15, 0.2) is 28.8 Å². The summed E-state index contributed by atoms with van der Waals surface area (Å²) < 4.78 is 11.3. The van der Waals surface area contributed by atoms with Gasteiger partial charge in [-0.2, -0.15) is 4.98 Å². The molecule has 1 saturated heterocycles. The Kier molecular flexibility index (Phi) is 3.35. The van der Waals surface area contributed by atoms with E-state index in [2.05, 4.69) is 21.5 Å². The van der Waals surface area contributed by atoms with Crippen LogP contribution in [-0.2, 0) is 6.42 Å². The Balaban J connectivity index is 1.51. The van der Waals surface area contributed by atoms with Crippen LogP contribution in [0.25, 0.3) is 0 Å². The number of aromatic nitrogens is 2. The van der Waals surface area contributed by atoms with E-state index in [9.17, 15) is 0 Å². The van der Waals surface area contributed by atoms with Crippen LogP contribution in [-0.4, -0.2) is 29.8 Å². The molecule has 5 heteroatoms. The zero-order chi connectivity index (χ0) is 14.1. The average Bonchev–Trinajstić information content (AvgIpc) is 3.05. The summed E-state index contributed by atoms with van der Waals surface area (Å²) in [6, 6.07) is 8.16. The summed E-state index contributed by atoms with van der Waals surface area (Å²) >= 11 is 0. The highest BCUT2D eigenvalue weighted by Crippen LogP contribution is 2.32. The number of hydrogen-bond donors (Lipinski definition) is 1. The molecule has 0 aliphatic carbocycles. The van der Waals surface area contributed by atoms with Gasteiger partial charge < -0.3 is 14.6 Å². The van der Waals surface area contributed by atoms with Crippen LogP contribution in [0.5, 0.6) is 5.75 Å². The predicted molar refractivity (Wildman–Crippen MR) is 77.5 cm³/mol. The van der Waals surface area contributed by atoms with E-state index < -0.39 is 0 Å². The molecule has 1 unspecified atom stereocenters. The van der Waals surface area contributed by atoms with Crippen molar-refractivity contribution in [3.63, 3.8) is 0 Å². The van der Waals surface area contributed by atoms with Crippen molar-refractivity contribution in [3.8, 4) is 5.75 Å². The Morgan fingerprint density at radius 3 is 2.86 bits per heavy atom. The molecular weight excluding hydrogens is 266 g/mol. The molecule has 0 bridgehead atoms. The number of ether oxygens (including phenoxy) is 1. The van der Waals surface area contributed by atoms with Crippen LogP contribution in [0, 0.1) is 0 Å². The van der Waals surface area contributed by atoms with Crippen molar-refractivity contribution < 1.29 is 9.26 Å². The zero-order valence-corrected chi connectivity index (χ0v) is 11.9. The van der Waals surface area contributed by atoms with Crippen molar-refractivity contribution in [2.24, 2.45) is 0 Å². The normalized spacial score (nSPS) is 22.6. The molecule has 0 saturated carbocycles. The second-order valence-electron chi connectivity index (χ2n) is 5.83. The van der Waals surface area contributed by atoms with Gasteiger partial charge in [-0.05, 0) is 44.0 Å². The molecule has 1 fully saturated rings. The van der Waals surface area contributed by atoms with Gasteiger partial charge in [0.1, 0.15) is 12.4 Å². The highest BCUT2D eigenvalue weighted by atomic mass is 16.5. The molecule has 2 aliphatic rings. The van der Waals surface area contributed by atoms with Crippen LogP contribution < -0.4 is 10.1 Å². The van der Waals surface area contributed by atoms with Gasteiger partial charge in [-0.25, -0.2) is 0 Å². The fraction of sp³-hybridized carbons (Fsp3) is 0.500. The highest BCUT2D eigenvalue weighted by molar-refractivity contribution is 5.36. The maximum absolute atomic E-state index is 5.81. The van der Waals surface area contributed by atoms with E-state index in [4.69, 9.17) is 9.26 Å². The largest absolute Gasteiger partial charge is 0.492 e. The first-order valence-electron chi connectivity index (χ1n) is 7.65. The van der Waals surface area contributed by atoms with Gasteiger partial charge >= 0.3 is 0 Å². The van der Waals surface area contributed by atoms with Gasteiger partial charge in [0, 0.05) is 5.92 Å². The number of benzene rings is 1. The number of rotatable bonds is 2. The van der Waals surface area contributed by atoms with Gasteiger partial charge in [0.2, 0.25) is 5.89 Å². The number of para-hydroxylation sites is 1. The molecule has 21 heavy (non-hydrogen) atoms. The van der Waals surface area contributed by atoms with Gasteiger partial charge in [0.05, 0.1) is 5.92 Å². The minimum absolute atomic E-state index is 0.169. The maximum atomic E-state index is 5.81. The van der Waals surface area contributed by atoms with E-state index in [1.807, 2.05) is 18.2 Å². The number of nitrogens with zero attached hydrogens (tertiary/aromatic N) is 2. The average molecular weight is 285 g/mol. The summed E-state index contributed by atoms with van der Waals surface area (Å²) in [6.07, 6.45) is 3.08. The molecule has 1 aromatic carbocycles. The molecule has 3 heterocycles. The van der Waals surface area contributed by atoms with Crippen molar-refractivity contribution >= 4 is 0 Å². The van der Waals surface area contributed by atoms with Gasteiger partial charge in [-0.15, -0.1) is 0 Å². The minimum atomic E-state index is 0.169. The van der Waals surface area contributed by atoms with Crippen molar-refractivity contribution in [1.29, 1.82) is 0 Å². The van der Waals surface area contributed by atoms with E-state index in [1.165, 1.54) is 5.56 Å². The van der Waals surface area contributed by atoms with Gasteiger partial charge in [-0.1, -0.05) is 23.4 Å². The summed E-state index contributed by atoms with van der Waals surface area (Å²) in [6.45, 7) is 2.69. The Morgan fingerprint density at radius 2 is 1.95 bits per heavy atom. The van der Waals surface area contributed by atoms with E-state index in [-0.39, 0.29) is 5.92 Å². The molecular formula is C16H19N3O2. The van der Waals surface area contributed by atoms with Crippen LogP contribution in [0.2, 0.25) is 0 Å². The molecule has 5 nitrogen and oxygen atoms in total. The summed E-state index contributed by atoms with van der Waals surface area (Å²) in [5.41, 5.74) is 1.22. The van der Waals surface area contributed by atoms with Crippen molar-refractivity contribution in [2.45, 2.75) is 31.1 Å². The molecule has 1 N–H and O–H groups in total. The van der Waals surface area contributed by atoms with E-state index >= 15 is 0 Å². The lowest BCUT2D eigenvalue weighted by Crippen LogP contribution is -2.27. The van der Waals surface area contributed by atoms with E-state index in [1.54, 1.807) is 0 Å². The second-order valence-corrected chi connectivity index (χ2v) is 5.83. The molecule has 110 valence electrons. The van der Waals surface area contributed by atoms with E-state index in [0.29, 0.717) is 12.5 Å². The standard InChI is InChI=1S/C16H19N3O2/c1-2-4-14-12(3-1)9-13(10-20-14)16-18-15(19-21-16)11-5-7-17-8-6-11/h1-4,11,13,17H,5-10H2. The van der Waals surface area contributed by atoms with Crippen LogP contribution in [0.4, 0.5) is 0 Å². The molecule has 4 rings (SSSR count). The maximum Gasteiger partial charge on any atom is 0.233 e. The summed E-state index contributed by atoms with van der Waals surface area (Å²) in [5.74, 6) is 3.17. The monoisotopic (exact) mass is 285 g/mol. The summed E-state index contributed by atoms with van der Waals surface area (Å²) in [5, 5.41) is 7.56. The molecule has 2 aliphatic heterocycles. The minimum Gasteiger partial charge on any atom is -0.492 e. The van der Waals surface area contributed by atoms with Crippen LogP contribution in [0.1, 0.15) is 42.0 Å². The first-order valence-corrected chi connectivity index (χ1v) is 7.65. The first kappa shape index (κ1) is 12.8. The third-order valence-corrected chi connectivity index (χ3v) is 4.39. The summed E-state index contributed by atoms with van der Waals surface area (Å²) in [4.78, 5) is 4.64. The highest BCUT2D eigenvalue weighted by Gasteiger charge is 2.28. The molecule has 1 aromatic heterocycles. The second kappa shape index (κ2) is 5.48. The Bertz CT molecular complexity index is 619. The molecule has 1 atom stereocenters. The smallest absolute Gasteiger partial charge is 0.233 e. The Morgan fingerprint density at radius 1 is 1.10 bits per heavy atom. The fourth-order valence-corrected chi connectivity index (χ4v) is 3.15. The number of fused-ring (bicyclic) bond motifs is 1. The quantitative estimate of drug-likeness (QED) is 0.917. The number of piperidine rings is 1. The number of hydrogen-bond acceptors (Lipinski definition) is 5. The zero-order valence-electron chi connectivity index (χ0n) is 11.9. The third-order valence-electron chi connectivity index (χ3n) is 4.39. The van der Waals surface area contributed by atoms with Gasteiger partial charge in [0.15, 0.2) is 5.82 Å². The SMILES string of the molecule is c1ccc2c(c1)CC(c1nc(C3CCNCC3)no1)CO2. The predicted octanol–water partition coefficient (Wildman–Crippen LogP) is 2.26. The fourth-order valence-electron chi connectivity index (χ4n) is 3.15. The third kappa shape index (κ3) is 2.53. The Hall–Kier alpha value is -1.88. The summed E-state index contributed by atoms with van der Waals surface area (Å²) in [7, 11) is 0. The van der Waals surface area contributed by atoms with Crippen LogP contribution >= 0.6 is 0 Å². The first-order chi connectivity index (χ1) is 10.4. The molecule has 0 radical (unpaired) electrons. The molecule has 0 amide bonds. The van der Waals surface area contributed by atoms with Crippen molar-refractivity contribution in [3.05, 3.63) is 41.5 Å². The lowest BCUT2D eigenvalue weighted by atomic mass is 9.96. The van der Waals surface area contributed by atoms with Crippen molar-refractivity contribution in [2.75, 3.05) is 19.7 Å². The van der Waals surface area contributed by atoms with Crippen molar-refractivity contribution in [1.82, 2.24) is 15.5 Å². The van der Waals surface area contributed by atoms with Crippen LogP contribution in [0.3, 0.4) is 0 Å². The van der Waals surface area contributed by atoms with Gasteiger partial charge in [0.25, 0.3) is 0 Å². The van der Waals surface area contributed by atoms with E-state index in [0.717, 1.165) is 49.8 Å².